The average Bonchev–Trinajstić information content (AvgIpc) is 3.15. The molecule has 2 amide bonds. The van der Waals surface area contributed by atoms with E-state index in [1.165, 1.54) is 0 Å². The van der Waals surface area contributed by atoms with Crippen molar-refractivity contribution >= 4 is 40.4 Å². The minimum absolute atomic E-state index is 0.0632. The molecule has 3 aromatic rings. The number of nitrogens with one attached hydrogen (secondary N) is 3. The first-order valence-electron chi connectivity index (χ1n) is 9.78. The summed E-state index contributed by atoms with van der Waals surface area (Å²) in [5, 5.41) is 6.06. The van der Waals surface area contributed by atoms with Gasteiger partial charge in [-0.1, -0.05) is 50.1 Å². The molecule has 0 unspecified atom stereocenters. The van der Waals surface area contributed by atoms with E-state index in [0.717, 1.165) is 17.5 Å². The monoisotopic (exact) mass is 428 g/mol. The van der Waals surface area contributed by atoms with Gasteiger partial charge in [0.05, 0.1) is 24.6 Å². The summed E-state index contributed by atoms with van der Waals surface area (Å²) >= 11 is 6.24. The highest BCUT2D eigenvalue weighted by molar-refractivity contribution is 6.31. The van der Waals surface area contributed by atoms with Crippen molar-refractivity contribution in [1.29, 1.82) is 0 Å². The summed E-state index contributed by atoms with van der Waals surface area (Å²) in [5.74, 6) is 0.295. The molecular weight excluding hydrogens is 404 g/mol. The molecule has 1 heterocycles. The van der Waals surface area contributed by atoms with E-state index in [1.807, 2.05) is 38.1 Å². The zero-order valence-corrected chi connectivity index (χ0v) is 17.9. The van der Waals surface area contributed by atoms with Gasteiger partial charge in [-0.05, 0) is 35.7 Å². The number of aromatic nitrogens is 2. The van der Waals surface area contributed by atoms with Crippen molar-refractivity contribution in [3.8, 4) is 5.75 Å². The Labute approximate surface area is 180 Å². The molecule has 3 rings (SSSR count). The lowest BCUT2D eigenvalue weighted by Crippen LogP contribution is -2.48. The van der Waals surface area contributed by atoms with Gasteiger partial charge in [0.25, 0.3) is 0 Å². The number of anilines is 1. The van der Waals surface area contributed by atoms with Crippen molar-refractivity contribution in [2.75, 3.05) is 12.4 Å². The molecule has 158 valence electrons. The minimum atomic E-state index is -0.701. The Morgan fingerprint density at radius 3 is 2.67 bits per heavy atom. The molecule has 30 heavy (non-hydrogen) atoms. The number of imidazole rings is 1. The average molecular weight is 429 g/mol. The number of benzene rings is 2. The molecule has 0 radical (unpaired) electrons. The number of halogens is 1. The van der Waals surface area contributed by atoms with Crippen molar-refractivity contribution in [3.63, 3.8) is 0 Å². The second-order valence-electron chi connectivity index (χ2n) is 7.16. The van der Waals surface area contributed by atoms with Crippen LogP contribution in [0.25, 0.3) is 11.0 Å². The van der Waals surface area contributed by atoms with Gasteiger partial charge in [0.15, 0.2) is 0 Å². The van der Waals surface area contributed by atoms with E-state index in [9.17, 15) is 9.59 Å². The summed E-state index contributed by atoms with van der Waals surface area (Å²) in [6.07, 6.45) is 0.787. The second kappa shape index (κ2) is 9.63. The highest BCUT2D eigenvalue weighted by Crippen LogP contribution is 2.23. The Morgan fingerprint density at radius 1 is 1.23 bits per heavy atom. The highest BCUT2D eigenvalue weighted by atomic mass is 35.5. The number of hydrogen-bond acceptors (Lipinski definition) is 4. The molecule has 8 heteroatoms. The largest absolute Gasteiger partial charge is 0.497 e. The van der Waals surface area contributed by atoms with E-state index in [4.69, 9.17) is 16.3 Å². The molecule has 0 bridgehead atoms. The lowest BCUT2D eigenvalue weighted by Gasteiger charge is -2.23. The standard InChI is InChI=1S/C22H25ClN4O3/c1-4-13(2)20(21(29)27-22-24-17-7-5-6-8-18(17)25-22)26-19(28)11-14-9-10-15(30-3)12-16(14)23/h5-10,12-13,20H,4,11H2,1-3H3,(H,26,28)(H2,24,25,27,29)/t13-,20+/m1/s1. The molecule has 2 atom stereocenters. The van der Waals surface area contributed by atoms with Gasteiger partial charge in [-0.15, -0.1) is 0 Å². The molecule has 0 saturated heterocycles. The zero-order valence-electron chi connectivity index (χ0n) is 17.2. The Balaban J connectivity index is 1.70. The summed E-state index contributed by atoms with van der Waals surface area (Å²) in [6.45, 7) is 3.89. The van der Waals surface area contributed by atoms with Gasteiger partial charge in [-0.2, -0.15) is 0 Å². The van der Waals surface area contributed by atoms with E-state index in [-0.39, 0.29) is 24.2 Å². The van der Waals surface area contributed by atoms with Crippen molar-refractivity contribution in [2.45, 2.75) is 32.7 Å². The van der Waals surface area contributed by atoms with Gasteiger partial charge in [-0.3, -0.25) is 14.9 Å². The van der Waals surface area contributed by atoms with Gasteiger partial charge < -0.3 is 15.0 Å². The van der Waals surface area contributed by atoms with Crippen LogP contribution in [0.4, 0.5) is 5.95 Å². The van der Waals surface area contributed by atoms with Gasteiger partial charge in [0.2, 0.25) is 17.8 Å². The quantitative estimate of drug-likeness (QED) is 0.506. The predicted octanol–water partition coefficient (Wildman–Crippen LogP) is 3.94. The minimum Gasteiger partial charge on any atom is -0.497 e. The number of amides is 2. The lowest BCUT2D eigenvalue weighted by atomic mass is 9.98. The normalized spacial score (nSPS) is 12.9. The zero-order chi connectivity index (χ0) is 21.7. The summed E-state index contributed by atoms with van der Waals surface area (Å²) < 4.78 is 5.13. The Hall–Kier alpha value is -3.06. The fraction of sp³-hybridized carbons (Fsp3) is 0.318. The smallest absolute Gasteiger partial charge is 0.249 e. The third-order valence-corrected chi connectivity index (χ3v) is 5.41. The summed E-state index contributed by atoms with van der Waals surface area (Å²) in [4.78, 5) is 33.0. The molecule has 0 aliphatic rings. The number of fused-ring (bicyclic) bond motifs is 1. The first-order valence-corrected chi connectivity index (χ1v) is 10.2. The molecular formula is C22H25ClN4O3. The maximum atomic E-state index is 12.9. The molecule has 0 spiro atoms. The van der Waals surface area contributed by atoms with Gasteiger partial charge in [0, 0.05) is 5.02 Å². The number of ether oxygens (including phenoxy) is 1. The Kier molecular flexibility index (Phi) is 6.95. The van der Waals surface area contributed by atoms with Crippen LogP contribution >= 0.6 is 11.6 Å². The summed E-state index contributed by atoms with van der Waals surface area (Å²) in [7, 11) is 1.55. The molecule has 0 aliphatic heterocycles. The van der Waals surface area contributed by atoms with Gasteiger partial charge >= 0.3 is 0 Å². The first-order chi connectivity index (χ1) is 14.4. The highest BCUT2D eigenvalue weighted by Gasteiger charge is 2.27. The number of para-hydroxylation sites is 2. The first kappa shape index (κ1) is 21.6. The molecule has 0 fully saturated rings. The fourth-order valence-corrected chi connectivity index (χ4v) is 3.34. The number of rotatable bonds is 8. The van der Waals surface area contributed by atoms with Crippen LogP contribution in [-0.4, -0.2) is 34.9 Å². The van der Waals surface area contributed by atoms with Crippen LogP contribution in [0.5, 0.6) is 5.75 Å². The second-order valence-corrected chi connectivity index (χ2v) is 7.56. The van der Waals surface area contributed by atoms with Crippen LogP contribution in [0.3, 0.4) is 0 Å². The Morgan fingerprint density at radius 2 is 2.00 bits per heavy atom. The topological polar surface area (TPSA) is 96.1 Å². The fourth-order valence-electron chi connectivity index (χ4n) is 3.10. The van der Waals surface area contributed by atoms with Crippen LogP contribution < -0.4 is 15.4 Å². The van der Waals surface area contributed by atoms with Crippen LogP contribution in [0, 0.1) is 5.92 Å². The number of carbonyl (C=O) groups excluding carboxylic acids is 2. The number of methoxy groups -OCH3 is 1. The molecule has 3 N–H and O–H groups in total. The van der Waals surface area contributed by atoms with Crippen molar-refractivity contribution in [1.82, 2.24) is 15.3 Å². The summed E-state index contributed by atoms with van der Waals surface area (Å²) in [5.41, 5.74) is 2.24. The van der Waals surface area contributed by atoms with Crippen molar-refractivity contribution < 1.29 is 14.3 Å². The summed E-state index contributed by atoms with van der Waals surface area (Å²) in [6, 6.07) is 11.9. The van der Waals surface area contributed by atoms with Crippen LogP contribution in [0.1, 0.15) is 25.8 Å². The van der Waals surface area contributed by atoms with Crippen LogP contribution in [0.2, 0.25) is 5.02 Å². The van der Waals surface area contributed by atoms with Crippen LogP contribution in [0.15, 0.2) is 42.5 Å². The van der Waals surface area contributed by atoms with Crippen molar-refractivity contribution in [3.05, 3.63) is 53.1 Å². The maximum absolute atomic E-state index is 12.9. The molecule has 7 nitrogen and oxygen atoms in total. The lowest BCUT2D eigenvalue weighted by molar-refractivity contribution is -0.127. The maximum Gasteiger partial charge on any atom is 0.249 e. The van der Waals surface area contributed by atoms with E-state index in [0.29, 0.717) is 22.3 Å². The van der Waals surface area contributed by atoms with E-state index < -0.39 is 6.04 Å². The van der Waals surface area contributed by atoms with Gasteiger partial charge in [-0.25, -0.2) is 4.98 Å². The number of hydrogen-bond donors (Lipinski definition) is 3. The SMILES string of the molecule is CC[C@@H](C)[C@H](NC(=O)Cc1ccc(OC)cc1Cl)C(=O)Nc1nc2ccccc2[nH]1. The molecule has 0 saturated carbocycles. The third kappa shape index (κ3) is 5.10. The van der Waals surface area contributed by atoms with Crippen LogP contribution in [-0.2, 0) is 16.0 Å². The predicted molar refractivity (Wildman–Crippen MR) is 118 cm³/mol. The third-order valence-electron chi connectivity index (χ3n) is 5.05. The number of nitrogens with zero attached hydrogens (tertiary/aromatic N) is 1. The number of H-pyrrole nitrogens is 1. The number of aromatic amines is 1. The number of carbonyl (C=O) groups is 2. The van der Waals surface area contributed by atoms with Gasteiger partial charge in [0.1, 0.15) is 11.8 Å². The van der Waals surface area contributed by atoms with E-state index in [2.05, 4.69) is 20.6 Å². The van der Waals surface area contributed by atoms with E-state index >= 15 is 0 Å². The molecule has 1 aromatic heterocycles. The molecule has 2 aromatic carbocycles. The Bertz CT molecular complexity index is 1020. The van der Waals surface area contributed by atoms with Crippen molar-refractivity contribution in [2.24, 2.45) is 5.92 Å². The molecule has 0 aliphatic carbocycles. The van der Waals surface area contributed by atoms with E-state index in [1.54, 1.807) is 25.3 Å².